The average molecular weight is 375 g/mol. The summed E-state index contributed by atoms with van der Waals surface area (Å²) in [5.41, 5.74) is 3.17. The molecule has 1 aromatic heterocycles. The lowest BCUT2D eigenvalue weighted by Crippen LogP contribution is -2.44. The number of fused-ring (bicyclic) bond motifs is 1. The number of rotatable bonds is 5. The molecule has 1 aliphatic rings. The van der Waals surface area contributed by atoms with Crippen molar-refractivity contribution in [2.45, 2.75) is 25.9 Å². The Bertz CT molecular complexity index is 919. The quantitative estimate of drug-likeness (QED) is 0.701. The topological polar surface area (TPSA) is 46.5 Å². The Morgan fingerprint density at radius 1 is 1.04 bits per heavy atom. The van der Waals surface area contributed by atoms with Gasteiger partial charge in [0.25, 0.3) is 0 Å². The van der Waals surface area contributed by atoms with Gasteiger partial charge in [0, 0.05) is 30.7 Å². The first-order valence-electron chi connectivity index (χ1n) is 9.74. The van der Waals surface area contributed by atoms with E-state index in [4.69, 9.17) is 4.74 Å². The number of hydrogen-bond acceptors (Lipinski definition) is 2. The van der Waals surface area contributed by atoms with Crippen LogP contribution in [0.1, 0.15) is 24.2 Å². The molecule has 3 aromatic rings. The summed E-state index contributed by atoms with van der Waals surface area (Å²) in [7, 11) is 0. The van der Waals surface area contributed by atoms with Gasteiger partial charge in [-0.25, -0.2) is 4.79 Å². The SMILES string of the molecule is CCOc1ccc(NC(=O)N2CCn3cccc3C2Cc2ccccc2)cc1. The molecule has 1 N–H and O–H groups in total. The Morgan fingerprint density at radius 2 is 1.82 bits per heavy atom. The summed E-state index contributed by atoms with van der Waals surface area (Å²) in [5, 5.41) is 3.04. The van der Waals surface area contributed by atoms with E-state index in [9.17, 15) is 4.79 Å². The Morgan fingerprint density at radius 3 is 2.57 bits per heavy atom. The van der Waals surface area contributed by atoms with Crippen molar-refractivity contribution < 1.29 is 9.53 Å². The summed E-state index contributed by atoms with van der Waals surface area (Å²) in [4.78, 5) is 15.0. The maximum Gasteiger partial charge on any atom is 0.322 e. The maximum absolute atomic E-state index is 13.1. The van der Waals surface area contributed by atoms with Crippen LogP contribution >= 0.6 is 0 Å². The van der Waals surface area contributed by atoms with E-state index in [1.54, 1.807) is 0 Å². The molecule has 1 unspecified atom stereocenters. The molecule has 4 rings (SSSR count). The largest absolute Gasteiger partial charge is 0.494 e. The van der Waals surface area contributed by atoms with Crippen LogP contribution in [0.5, 0.6) is 5.75 Å². The molecule has 0 saturated heterocycles. The van der Waals surface area contributed by atoms with Crippen LogP contribution in [0.2, 0.25) is 0 Å². The Hall–Kier alpha value is -3.21. The van der Waals surface area contributed by atoms with Gasteiger partial charge in [0.05, 0.1) is 12.6 Å². The summed E-state index contributed by atoms with van der Waals surface area (Å²) < 4.78 is 7.71. The van der Waals surface area contributed by atoms with E-state index >= 15 is 0 Å². The number of carbonyl (C=O) groups excluding carboxylic acids is 1. The van der Waals surface area contributed by atoms with Gasteiger partial charge in [-0.1, -0.05) is 30.3 Å². The number of hydrogen-bond donors (Lipinski definition) is 1. The molecule has 0 saturated carbocycles. The van der Waals surface area contributed by atoms with E-state index in [2.05, 4.69) is 40.3 Å². The first kappa shape index (κ1) is 18.2. The van der Waals surface area contributed by atoms with Crippen LogP contribution in [0.4, 0.5) is 10.5 Å². The monoisotopic (exact) mass is 375 g/mol. The van der Waals surface area contributed by atoms with Gasteiger partial charge < -0.3 is 19.5 Å². The van der Waals surface area contributed by atoms with Crippen molar-refractivity contribution in [3.05, 3.63) is 84.2 Å². The van der Waals surface area contributed by atoms with Crippen molar-refractivity contribution in [3.8, 4) is 5.75 Å². The van der Waals surface area contributed by atoms with E-state index in [1.165, 1.54) is 11.3 Å². The lowest BCUT2D eigenvalue weighted by Gasteiger charge is -2.37. The van der Waals surface area contributed by atoms with Gasteiger partial charge in [0.1, 0.15) is 5.75 Å². The minimum absolute atomic E-state index is 0.00819. The zero-order chi connectivity index (χ0) is 19.3. The first-order chi connectivity index (χ1) is 13.7. The fraction of sp³-hybridized carbons (Fsp3) is 0.261. The van der Waals surface area contributed by atoms with Crippen molar-refractivity contribution >= 4 is 11.7 Å². The predicted octanol–water partition coefficient (Wildman–Crippen LogP) is 4.72. The van der Waals surface area contributed by atoms with Crippen LogP contribution in [-0.2, 0) is 13.0 Å². The Labute approximate surface area is 165 Å². The van der Waals surface area contributed by atoms with Crippen LogP contribution in [0.3, 0.4) is 0 Å². The molecule has 2 aromatic carbocycles. The third-order valence-corrected chi connectivity index (χ3v) is 5.11. The summed E-state index contributed by atoms with van der Waals surface area (Å²) in [5.74, 6) is 0.804. The fourth-order valence-corrected chi connectivity index (χ4v) is 3.76. The van der Waals surface area contributed by atoms with Crippen LogP contribution in [0.15, 0.2) is 72.9 Å². The number of urea groups is 1. The highest BCUT2D eigenvalue weighted by Crippen LogP contribution is 2.30. The molecule has 0 fully saturated rings. The second kappa shape index (κ2) is 8.21. The zero-order valence-electron chi connectivity index (χ0n) is 16.0. The number of nitrogens with one attached hydrogen (secondary N) is 1. The minimum Gasteiger partial charge on any atom is -0.494 e. The van der Waals surface area contributed by atoms with E-state index in [1.807, 2.05) is 54.3 Å². The third-order valence-electron chi connectivity index (χ3n) is 5.11. The van der Waals surface area contributed by atoms with Crippen molar-refractivity contribution in [3.63, 3.8) is 0 Å². The highest BCUT2D eigenvalue weighted by Gasteiger charge is 2.31. The number of nitrogens with zero attached hydrogens (tertiary/aromatic N) is 2. The molecule has 2 heterocycles. The molecular weight excluding hydrogens is 350 g/mol. The second-order valence-corrected chi connectivity index (χ2v) is 6.91. The Kier molecular flexibility index (Phi) is 5.33. The van der Waals surface area contributed by atoms with E-state index in [-0.39, 0.29) is 12.1 Å². The van der Waals surface area contributed by atoms with Crippen LogP contribution < -0.4 is 10.1 Å². The zero-order valence-corrected chi connectivity index (χ0v) is 16.0. The van der Waals surface area contributed by atoms with Crippen molar-refractivity contribution in [1.82, 2.24) is 9.47 Å². The van der Waals surface area contributed by atoms with E-state index in [0.29, 0.717) is 13.2 Å². The number of aromatic nitrogens is 1. The highest BCUT2D eigenvalue weighted by molar-refractivity contribution is 5.89. The third kappa shape index (κ3) is 3.88. The van der Waals surface area contributed by atoms with Crippen LogP contribution in [0.25, 0.3) is 0 Å². The molecule has 28 heavy (non-hydrogen) atoms. The molecule has 2 amide bonds. The molecule has 0 radical (unpaired) electrons. The van der Waals surface area contributed by atoms with Gasteiger partial charge in [0.15, 0.2) is 0 Å². The number of carbonyl (C=O) groups is 1. The smallest absolute Gasteiger partial charge is 0.322 e. The lowest BCUT2D eigenvalue weighted by molar-refractivity contribution is 0.167. The summed E-state index contributed by atoms with van der Waals surface area (Å²) in [6.07, 6.45) is 2.89. The number of benzene rings is 2. The molecule has 5 heteroatoms. The fourth-order valence-electron chi connectivity index (χ4n) is 3.76. The Balaban J connectivity index is 1.53. The second-order valence-electron chi connectivity index (χ2n) is 6.91. The van der Waals surface area contributed by atoms with Gasteiger partial charge in [-0.3, -0.25) is 0 Å². The molecule has 1 aliphatic heterocycles. The minimum atomic E-state index is -0.0717. The standard InChI is InChI=1S/C23H25N3O2/c1-2-28-20-12-10-19(11-13-20)24-23(27)26-16-15-25-14-6-9-21(25)22(26)17-18-7-4-3-5-8-18/h3-14,22H,2,15-17H2,1H3,(H,24,27). The summed E-state index contributed by atoms with van der Waals surface area (Å²) in [6, 6.07) is 22.0. The number of anilines is 1. The maximum atomic E-state index is 13.1. The predicted molar refractivity (Wildman–Crippen MR) is 111 cm³/mol. The molecule has 0 bridgehead atoms. The van der Waals surface area contributed by atoms with Gasteiger partial charge in [-0.2, -0.15) is 0 Å². The van der Waals surface area contributed by atoms with E-state index < -0.39 is 0 Å². The summed E-state index contributed by atoms with van der Waals surface area (Å²) in [6.45, 7) is 4.07. The molecular formula is C23H25N3O2. The van der Waals surface area contributed by atoms with Crippen LogP contribution in [-0.4, -0.2) is 28.6 Å². The summed E-state index contributed by atoms with van der Waals surface area (Å²) >= 11 is 0. The van der Waals surface area contributed by atoms with E-state index in [0.717, 1.165) is 24.4 Å². The normalized spacial score (nSPS) is 15.8. The molecule has 144 valence electrons. The molecule has 5 nitrogen and oxygen atoms in total. The highest BCUT2D eigenvalue weighted by atomic mass is 16.5. The van der Waals surface area contributed by atoms with Crippen molar-refractivity contribution in [1.29, 1.82) is 0 Å². The lowest BCUT2D eigenvalue weighted by atomic mass is 10.0. The molecule has 0 spiro atoms. The van der Waals surface area contributed by atoms with Gasteiger partial charge >= 0.3 is 6.03 Å². The van der Waals surface area contributed by atoms with Crippen molar-refractivity contribution in [2.75, 3.05) is 18.5 Å². The van der Waals surface area contributed by atoms with Gasteiger partial charge in [0.2, 0.25) is 0 Å². The van der Waals surface area contributed by atoms with Crippen LogP contribution in [0, 0.1) is 0 Å². The molecule has 0 aliphatic carbocycles. The average Bonchev–Trinajstić information content (AvgIpc) is 3.20. The number of ether oxygens (including phenoxy) is 1. The molecule has 1 atom stereocenters. The van der Waals surface area contributed by atoms with Crippen molar-refractivity contribution in [2.24, 2.45) is 0 Å². The number of amides is 2. The van der Waals surface area contributed by atoms with Gasteiger partial charge in [-0.05, 0) is 55.3 Å². The first-order valence-corrected chi connectivity index (χ1v) is 9.74. The van der Waals surface area contributed by atoms with Gasteiger partial charge in [-0.15, -0.1) is 0 Å².